The summed E-state index contributed by atoms with van der Waals surface area (Å²) >= 11 is 1.04. The van der Waals surface area contributed by atoms with Crippen LogP contribution in [0.1, 0.15) is 0 Å². The molecule has 0 radical (unpaired) electrons. The lowest BCUT2D eigenvalue weighted by molar-refractivity contribution is -0.139. The van der Waals surface area contributed by atoms with E-state index in [0.717, 1.165) is 23.9 Å². The van der Waals surface area contributed by atoms with Gasteiger partial charge < -0.3 is 9.84 Å². The standard InChI is InChI=1S/C16H15F2NO5S2/c17-13-8-11(9-14(18)16(13)24-10-15(20)21)25-7-6-19-26(22,23)12-4-2-1-3-5-12/h1-5,8-9,19H,6-7,10H2,(H,20,21). The molecule has 0 heterocycles. The number of ether oxygens (including phenoxy) is 1. The molecule has 0 aliphatic rings. The highest BCUT2D eigenvalue weighted by atomic mass is 32.2. The van der Waals surface area contributed by atoms with Crippen LogP contribution in [0.25, 0.3) is 0 Å². The van der Waals surface area contributed by atoms with Crippen LogP contribution in [-0.4, -0.2) is 38.4 Å². The van der Waals surface area contributed by atoms with Gasteiger partial charge in [0.15, 0.2) is 24.0 Å². The molecule has 0 aromatic heterocycles. The van der Waals surface area contributed by atoms with Gasteiger partial charge in [-0.15, -0.1) is 11.8 Å². The van der Waals surface area contributed by atoms with Crippen molar-refractivity contribution in [3.8, 4) is 5.75 Å². The molecule has 140 valence electrons. The van der Waals surface area contributed by atoms with Crippen molar-refractivity contribution in [2.45, 2.75) is 9.79 Å². The molecule has 0 saturated carbocycles. The number of nitrogens with one attached hydrogen (secondary N) is 1. The molecule has 0 spiro atoms. The summed E-state index contributed by atoms with van der Waals surface area (Å²) in [6, 6.07) is 9.80. The van der Waals surface area contributed by atoms with Crippen LogP contribution >= 0.6 is 11.8 Å². The Bertz CT molecular complexity index is 852. The minimum Gasteiger partial charge on any atom is -0.479 e. The molecule has 0 unspecified atom stereocenters. The largest absolute Gasteiger partial charge is 0.479 e. The summed E-state index contributed by atoms with van der Waals surface area (Å²) in [4.78, 5) is 10.7. The Balaban J connectivity index is 1.91. The first-order valence-electron chi connectivity index (χ1n) is 7.31. The molecule has 10 heteroatoms. The molecule has 0 amide bonds. The maximum absolute atomic E-state index is 13.8. The van der Waals surface area contributed by atoms with Crippen LogP contribution in [0, 0.1) is 11.6 Å². The predicted molar refractivity (Wildman–Crippen MR) is 91.8 cm³/mol. The lowest BCUT2D eigenvalue weighted by atomic mass is 10.3. The molecular formula is C16H15F2NO5S2. The first kappa shape index (κ1) is 20.1. The average Bonchev–Trinajstić information content (AvgIpc) is 2.58. The van der Waals surface area contributed by atoms with Crippen molar-refractivity contribution < 1.29 is 31.8 Å². The summed E-state index contributed by atoms with van der Waals surface area (Å²) < 4.78 is 58.6. The molecule has 0 saturated heterocycles. The number of benzene rings is 2. The van der Waals surface area contributed by atoms with E-state index >= 15 is 0 Å². The van der Waals surface area contributed by atoms with Gasteiger partial charge in [-0.1, -0.05) is 18.2 Å². The zero-order valence-electron chi connectivity index (χ0n) is 13.3. The maximum atomic E-state index is 13.8. The highest BCUT2D eigenvalue weighted by Gasteiger charge is 2.15. The van der Waals surface area contributed by atoms with Crippen LogP contribution in [0.5, 0.6) is 5.75 Å². The second-order valence-electron chi connectivity index (χ2n) is 4.96. The molecule has 2 aromatic carbocycles. The van der Waals surface area contributed by atoms with Crippen LogP contribution < -0.4 is 9.46 Å². The monoisotopic (exact) mass is 403 g/mol. The normalized spacial score (nSPS) is 11.3. The number of hydrogen-bond donors (Lipinski definition) is 2. The first-order valence-corrected chi connectivity index (χ1v) is 9.77. The van der Waals surface area contributed by atoms with Gasteiger partial charge in [0.2, 0.25) is 10.0 Å². The van der Waals surface area contributed by atoms with Crippen LogP contribution in [0.15, 0.2) is 52.3 Å². The van der Waals surface area contributed by atoms with Gasteiger partial charge >= 0.3 is 5.97 Å². The average molecular weight is 403 g/mol. The van der Waals surface area contributed by atoms with E-state index in [4.69, 9.17) is 5.11 Å². The van der Waals surface area contributed by atoms with Crippen molar-refractivity contribution in [1.29, 1.82) is 0 Å². The Morgan fingerprint density at radius 1 is 1.15 bits per heavy atom. The Morgan fingerprint density at radius 3 is 2.35 bits per heavy atom. The van der Waals surface area contributed by atoms with Gasteiger partial charge in [-0.2, -0.15) is 0 Å². The number of thioether (sulfide) groups is 1. The van der Waals surface area contributed by atoms with Crippen molar-refractivity contribution in [3.05, 3.63) is 54.1 Å². The third kappa shape index (κ3) is 5.68. The van der Waals surface area contributed by atoms with Gasteiger partial charge in [0.25, 0.3) is 0 Å². The summed E-state index contributed by atoms with van der Waals surface area (Å²) in [5.41, 5.74) is 0. The summed E-state index contributed by atoms with van der Waals surface area (Å²) in [5.74, 6) is -3.94. The van der Waals surface area contributed by atoms with E-state index in [9.17, 15) is 22.0 Å². The first-order chi connectivity index (χ1) is 12.3. The predicted octanol–water partition coefficient (Wildman–Crippen LogP) is 2.50. The van der Waals surface area contributed by atoms with E-state index in [2.05, 4.69) is 9.46 Å². The van der Waals surface area contributed by atoms with E-state index in [1.54, 1.807) is 18.2 Å². The maximum Gasteiger partial charge on any atom is 0.341 e. The highest BCUT2D eigenvalue weighted by molar-refractivity contribution is 7.99. The van der Waals surface area contributed by atoms with Gasteiger partial charge in [0.1, 0.15) is 0 Å². The number of aliphatic carboxylic acids is 1. The van der Waals surface area contributed by atoms with Gasteiger partial charge in [0.05, 0.1) is 4.90 Å². The molecule has 0 aliphatic carbocycles. The second-order valence-corrected chi connectivity index (χ2v) is 7.89. The van der Waals surface area contributed by atoms with E-state index < -0.39 is 40.0 Å². The number of halogens is 2. The Kier molecular flexibility index (Phi) is 6.95. The van der Waals surface area contributed by atoms with Gasteiger partial charge in [-0.05, 0) is 24.3 Å². The van der Waals surface area contributed by atoms with Crippen molar-refractivity contribution in [2.75, 3.05) is 18.9 Å². The van der Waals surface area contributed by atoms with E-state index in [0.29, 0.717) is 0 Å². The number of hydrogen-bond acceptors (Lipinski definition) is 5. The third-order valence-corrected chi connectivity index (χ3v) is 5.48. The quantitative estimate of drug-likeness (QED) is 0.494. The smallest absolute Gasteiger partial charge is 0.341 e. The molecule has 2 rings (SSSR count). The number of carboxylic acid groups (broad SMARTS) is 1. The minimum absolute atomic E-state index is 0.0579. The Morgan fingerprint density at radius 2 is 1.77 bits per heavy atom. The fourth-order valence-corrected chi connectivity index (χ4v) is 3.92. The van der Waals surface area contributed by atoms with Crippen molar-refractivity contribution >= 4 is 27.8 Å². The number of carboxylic acids is 1. The highest BCUT2D eigenvalue weighted by Crippen LogP contribution is 2.28. The number of carbonyl (C=O) groups is 1. The summed E-state index contributed by atoms with van der Waals surface area (Å²) in [5, 5.41) is 8.47. The van der Waals surface area contributed by atoms with E-state index in [1.807, 2.05) is 0 Å². The number of rotatable bonds is 9. The molecule has 0 bridgehead atoms. The lowest BCUT2D eigenvalue weighted by Crippen LogP contribution is -2.25. The van der Waals surface area contributed by atoms with Crippen LogP contribution in [0.4, 0.5) is 8.78 Å². The Labute approximate surface area is 153 Å². The van der Waals surface area contributed by atoms with Gasteiger partial charge in [0, 0.05) is 17.2 Å². The zero-order valence-corrected chi connectivity index (χ0v) is 14.9. The molecule has 6 nitrogen and oxygen atoms in total. The van der Waals surface area contributed by atoms with Gasteiger partial charge in [-0.3, -0.25) is 0 Å². The second kappa shape index (κ2) is 8.97. The van der Waals surface area contributed by atoms with Crippen LogP contribution in [0.2, 0.25) is 0 Å². The molecule has 2 N–H and O–H groups in total. The van der Waals surface area contributed by atoms with Crippen molar-refractivity contribution in [2.24, 2.45) is 0 Å². The van der Waals surface area contributed by atoms with Crippen molar-refractivity contribution in [1.82, 2.24) is 4.72 Å². The fraction of sp³-hybridized carbons (Fsp3) is 0.188. The topological polar surface area (TPSA) is 92.7 Å². The van der Waals surface area contributed by atoms with E-state index in [1.165, 1.54) is 12.1 Å². The Hall–Kier alpha value is -2.17. The minimum atomic E-state index is -3.64. The molecule has 0 aliphatic heterocycles. The lowest BCUT2D eigenvalue weighted by Gasteiger charge is -2.09. The van der Waals surface area contributed by atoms with Crippen LogP contribution in [-0.2, 0) is 14.8 Å². The fourth-order valence-electron chi connectivity index (χ4n) is 1.92. The van der Waals surface area contributed by atoms with Crippen molar-refractivity contribution in [3.63, 3.8) is 0 Å². The molecular weight excluding hydrogens is 388 g/mol. The number of sulfonamides is 1. The van der Waals surface area contributed by atoms with Gasteiger partial charge in [-0.25, -0.2) is 26.7 Å². The van der Waals surface area contributed by atoms with E-state index in [-0.39, 0.29) is 22.1 Å². The zero-order chi connectivity index (χ0) is 19.2. The summed E-state index contributed by atoms with van der Waals surface area (Å²) in [6.07, 6.45) is 0. The molecule has 0 fully saturated rings. The third-order valence-electron chi connectivity index (χ3n) is 3.03. The molecule has 2 aromatic rings. The summed E-state index contributed by atoms with van der Waals surface area (Å²) in [7, 11) is -3.64. The summed E-state index contributed by atoms with van der Waals surface area (Å²) in [6.45, 7) is -0.802. The molecule has 26 heavy (non-hydrogen) atoms. The SMILES string of the molecule is O=C(O)COc1c(F)cc(SCCNS(=O)(=O)c2ccccc2)cc1F. The molecule has 0 atom stereocenters. The van der Waals surface area contributed by atoms with Crippen LogP contribution in [0.3, 0.4) is 0 Å².